The smallest absolute Gasteiger partial charge is 0.222 e. The molecular weight excluding hydrogens is 380 g/mol. The predicted octanol–water partition coefficient (Wildman–Crippen LogP) is 4.15. The second kappa shape index (κ2) is 8.49. The Balaban J connectivity index is 1.62. The van der Waals surface area contributed by atoms with Crippen LogP contribution in [0.15, 0.2) is 30.3 Å². The molecule has 0 spiro atoms. The Kier molecular flexibility index (Phi) is 5.81. The van der Waals surface area contributed by atoms with Crippen molar-refractivity contribution in [2.45, 2.75) is 40.0 Å². The third kappa shape index (κ3) is 4.13. The molecule has 6 heteroatoms. The molecule has 0 radical (unpaired) electrons. The first-order chi connectivity index (χ1) is 14.1. The topological polar surface area (TPSA) is 49.3 Å². The lowest BCUT2D eigenvalue weighted by Crippen LogP contribution is -2.49. The van der Waals surface area contributed by atoms with Crippen molar-refractivity contribution in [2.24, 2.45) is 0 Å². The summed E-state index contributed by atoms with van der Waals surface area (Å²) in [5.41, 5.74) is 2.59. The van der Waals surface area contributed by atoms with Crippen molar-refractivity contribution in [3.8, 4) is 0 Å². The van der Waals surface area contributed by atoms with Gasteiger partial charge in [0.2, 0.25) is 5.91 Å². The van der Waals surface area contributed by atoms with Crippen LogP contribution in [0.25, 0.3) is 10.2 Å². The Hall–Kier alpha value is -2.47. The number of nitrogens with zero attached hydrogens (tertiary/aromatic N) is 4. The van der Waals surface area contributed by atoms with Crippen LogP contribution in [0.3, 0.4) is 0 Å². The molecule has 3 aromatic rings. The van der Waals surface area contributed by atoms with Gasteiger partial charge in [-0.15, -0.1) is 11.3 Å². The molecule has 1 aliphatic heterocycles. The number of amides is 1. The second-order valence-electron chi connectivity index (χ2n) is 7.63. The molecule has 0 N–H and O–H groups in total. The van der Waals surface area contributed by atoms with Crippen molar-refractivity contribution >= 4 is 33.3 Å². The number of anilines is 1. The minimum absolute atomic E-state index is 0.239. The normalized spacial score (nSPS) is 14.6. The van der Waals surface area contributed by atoms with Crippen LogP contribution in [-0.2, 0) is 17.6 Å². The average molecular weight is 409 g/mol. The highest BCUT2D eigenvalue weighted by Crippen LogP contribution is 2.35. The first-order valence-corrected chi connectivity index (χ1v) is 11.2. The summed E-state index contributed by atoms with van der Waals surface area (Å²) in [6.45, 7) is 9.43. The van der Waals surface area contributed by atoms with Crippen molar-refractivity contribution in [3.05, 3.63) is 52.2 Å². The molecule has 3 heterocycles. The minimum atomic E-state index is 0.239. The average Bonchev–Trinajstić information content (AvgIpc) is 3.05. The van der Waals surface area contributed by atoms with Gasteiger partial charge in [-0.25, -0.2) is 9.97 Å². The number of hydrogen-bond acceptors (Lipinski definition) is 5. The van der Waals surface area contributed by atoms with Crippen LogP contribution in [-0.4, -0.2) is 47.0 Å². The fraction of sp³-hybridized carbons (Fsp3) is 0.435. The number of rotatable bonds is 5. The standard InChI is InChI=1S/C23H28N4OS/c1-4-20(28)26-12-14-27(15-13-26)22-21-16(2)17(3)29-23(21)25-19(24-22)11-10-18-8-6-5-7-9-18/h5-9H,4,10-15H2,1-3H3. The molecule has 1 fully saturated rings. The van der Waals surface area contributed by atoms with E-state index < -0.39 is 0 Å². The van der Waals surface area contributed by atoms with E-state index in [4.69, 9.17) is 9.97 Å². The lowest BCUT2D eigenvalue weighted by molar-refractivity contribution is -0.131. The molecule has 5 nitrogen and oxygen atoms in total. The Morgan fingerprint density at radius 1 is 1.03 bits per heavy atom. The van der Waals surface area contributed by atoms with Crippen molar-refractivity contribution in [1.82, 2.24) is 14.9 Å². The van der Waals surface area contributed by atoms with Gasteiger partial charge in [0.05, 0.1) is 5.39 Å². The monoisotopic (exact) mass is 408 g/mol. The number of aromatic nitrogens is 2. The highest BCUT2D eigenvalue weighted by molar-refractivity contribution is 7.18. The van der Waals surface area contributed by atoms with Crippen LogP contribution in [0.5, 0.6) is 0 Å². The van der Waals surface area contributed by atoms with Crippen LogP contribution in [0.2, 0.25) is 0 Å². The number of carbonyl (C=O) groups is 1. The summed E-state index contributed by atoms with van der Waals surface area (Å²) in [7, 11) is 0. The Morgan fingerprint density at radius 2 is 1.76 bits per heavy atom. The number of benzene rings is 1. The number of carbonyl (C=O) groups excluding carboxylic acids is 1. The van der Waals surface area contributed by atoms with Crippen LogP contribution < -0.4 is 4.90 Å². The van der Waals surface area contributed by atoms with E-state index in [-0.39, 0.29) is 5.91 Å². The van der Waals surface area contributed by atoms with Crippen molar-refractivity contribution in [3.63, 3.8) is 0 Å². The maximum absolute atomic E-state index is 12.0. The molecule has 0 unspecified atom stereocenters. The van der Waals surface area contributed by atoms with Gasteiger partial charge in [-0.1, -0.05) is 37.3 Å². The van der Waals surface area contributed by atoms with Gasteiger partial charge in [0.1, 0.15) is 16.5 Å². The SMILES string of the molecule is CCC(=O)N1CCN(c2nc(CCc3ccccc3)nc3sc(C)c(C)c23)CC1. The predicted molar refractivity (Wildman–Crippen MR) is 120 cm³/mol. The highest BCUT2D eigenvalue weighted by atomic mass is 32.1. The van der Waals surface area contributed by atoms with Gasteiger partial charge < -0.3 is 9.80 Å². The van der Waals surface area contributed by atoms with Crippen LogP contribution in [0.4, 0.5) is 5.82 Å². The van der Waals surface area contributed by atoms with Crippen molar-refractivity contribution < 1.29 is 4.79 Å². The molecule has 1 amide bonds. The minimum Gasteiger partial charge on any atom is -0.352 e. The molecule has 0 bridgehead atoms. The molecule has 1 aliphatic rings. The van der Waals surface area contributed by atoms with Gasteiger partial charge in [-0.3, -0.25) is 4.79 Å². The third-order valence-electron chi connectivity index (χ3n) is 5.77. The van der Waals surface area contributed by atoms with Gasteiger partial charge in [0, 0.05) is 43.9 Å². The van der Waals surface area contributed by atoms with Gasteiger partial charge >= 0.3 is 0 Å². The molecule has 0 aliphatic carbocycles. The lowest BCUT2D eigenvalue weighted by atomic mass is 10.1. The molecule has 29 heavy (non-hydrogen) atoms. The zero-order valence-electron chi connectivity index (χ0n) is 17.4. The largest absolute Gasteiger partial charge is 0.352 e. The zero-order valence-corrected chi connectivity index (χ0v) is 18.3. The van der Waals surface area contributed by atoms with Crippen molar-refractivity contribution in [1.29, 1.82) is 0 Å². The van der Waals surface area contributed by atoms with E-state index in [1.807, 2.05) is 17.9 Å². The lowest BCUT2D eigenvalue weighted by Gasteiger charge is -2.35. The van der Waals surface area contributed by atoms with Crippen LogP contribution >= 0.6 is 11.3 Å². The van der Waals surface area contributed by atoms with Crippen LogP contribution in [0, 0.1) is 13.8 Å². The quantitative estimate of drug-likeness (QED) is 0.636. The summed E-state index contributed by atoms with van der Waals surface area (Å²) in [5, 5.41) is 1.19. The molecule has 1 aromatic carbocycles. The summed E-state index contributed by atoms with van der Waals surface area (Å²) >= 11 is 1.76. The Bertz CT molecular complexity index is 1010. The fourth-order valence-corrected chi connectivity index (χ4v) is 4.95. The maximum Gasteiger partial charge on any atom is 0.222 e. The van der Waals surface area contributed by atoms with E-state index in [0.717, 1.165) is 55.5 Å². The Morgan fingerprint density at radius 3 is 2.45 bits per heavy atom. The summed E-state index contributed by atoms with van der Waals surface area (Å²) < 4.78 is 0. The van der Waals surface area contributed by atoms with Gasteiger partial charge in [0.25, 0.3) is 0 Å². The number of hydrogen-bond donors (Lipinski definition) is 0. The van der Waals surface area contributed by atoms with E-state index in [1.54, 1.807) is 11.3 Å². The molecule has 4 rings (SSSR count). The second-order valence-corrected chi connectivity index (χ2v) is 8.84. The summed E-state index contributed by atoms with van der Waals surface area (Å²) in [6, 6.07) is 10.5. The molecular formula is C23H28N4OS. The van der Waals surface area contributed by atoms with Gasteiger partial charge in [0.15, 0.2) is 0 Å². The fourth-order valence-electron chi connectivity index (χ4n) is 3.90. The number of piperazine rings is 1. The molecule has 0 atom stereocenters. The summed E-state index contributed by atoms with van der Waals surface area (Å²) in [6.07, 6.45) is 2.34. The number of fused-ring (bicyclic) bond motifs is 1. The third-order valence-corrected chi connectivity index (χ3v) is 6.87. The number of thiophene rings is 1. The summed E-state index contributed by atoms with van der Waals surface area (Å²) in [4.78, 5) is 28.7. The van der Waals surface area contributed by atoms with Crippen LogP contribution in [0.1, 0.15) is 35.2 Å². The molecule has 152 valence electrons. The molecule has 1 saturated heterocycles. The van der Waals surface area contributed by atoms with E-state index in [9.17, 15) is 4.79 Å². The first kappa shape index (κ1) is 19.8. The number of aryl methyl sites for hydroxylation is 4. The van der Waals surface area contributed by atoms with E-state index in [1.165, 1.54) is 21.4 Å². The van der Waals surface area contributed by atoms with E-state index in [2.05, 4.69) is 43.0 Å². The van der Waals surface area contributed by atoms with Gasteiger partial charge in [-0.2, -0.15) is 0 Å². The van der Waals surface area contributed by atoms with E-state index in [0.29, 0.717) is 6.42 Å². The Labute approximate surface area is 176 Å². The summed E-state index contributed by atoms with van der Waals surface area (Å²) in [5.74, 6) is 2.19. The first-order valence-electron chi connectivity index (χ1n) is 10.4. The highest BCUT2D eigenvalue weighted by Gasteiger charge is 2.24. The maximum atomic E-state index is 12.0. The van der Waals surface area contributed by atoms with Crippen molar-refractivity contribution in [2.75, 3.05) is 31.1 Å². The molecule has 2 aromatic heterocycles. The van der Waals surface area contributed by atoms with E-state index >= 15 is 0 Å². The molecule has 0 saturated carbocycles. The van der Waals surface area contributed by atoms with Gasteiger partial charge in [-0.05, 0) is 31.4 Å². The zero-order chi connectivity index (χ0) is 20.4.